The lowest BCUT2D eigenvalue weighted by Crippen LogP contribution is -2.07. The molecule has 2 aromatic carbocycles. The fourth-order valence-electron chi connectivity index (χ4n) is 1.95. The standard InChI is InChI=1S/C14H14ClNO2S/c1-10-7-13(16)5-6-14(10)19(17,18)9-11-3-2-4-12(15)8-11/h2-8H,9,16H2,1H3. The molecule has 2 aromatic rings. The summed E-state index contributed by atoms with van der Waals surface area (Å²) in [5.41, 5.74) is 7.51. The largest absolute Gasteiger partial charge is 0.399 e. The molecule has 0 saturated heterocycles. The van der Waals surface area contributed by atoms with E-state index in [1.54, 1.807) is 49.4 Å². The molecule has 0 fully saturated rings. The summed E-state index contributed by atoms with van der Waals surface area (Å²) in [6.45, 7) is 1.74. The molecule has 19 heavy (non-hydrogen) atoms. The summed E-state index contributed by atoms with van der Waals surface area (Å²) >= 11 is 5.86. The third-order valence-electron chi connectivity index (χ3n) is 2.78. The van der Waals surface area contributed by atoms with E-state index in [0.29, 0.717) is 26.7 Å². The highest BCUT2D eigenvalue weighted by atomic mass is 35.5. The summed E-state index contributed by atoms with van der Waals surface area (Å²) in [5, 5.41) is 0.529. The maximum atomic E-state index is 12.4. The summed E-state index contributed by atoms with van der Waals surface area (Å²) in [6, 6.07) is 11.7. The number of anilines is 1. The lowest BCUT2D eigenvalue weighted by molar-refractivity contribution is 0.594. The van der Waals surface area contributed by atoms with Crippen LogP contribution in [0.5, 0.6) is 0 Å². The van der Waals surface area contributed by atoms with Gasteiger partial charge in [-0.1, -0.05) is 23.7 Å². The maximum absolute atomic E-state index is 12.4. The first-order valence-electron chi connectivity index (χ1n) is 5.72. The van der Waals surface area contributed by atoms with E-state index in [-0.39, 0.29) is 5.75 Å². The first-order chi connectivity index (χ1) is 8.88. The van der Waals surface area contributed by atoms with Crippen molar-refractivity contribution in [2.75, 3.05) is 5.73 Å². The van der Waals surface area contributed by atoms with Gasteiger partial charge in [0.2, 0.25) is 0 Å². The number of halogens is 1. The Morgan fingerprint density at radius 2 is 1.89 bits per heavy atom. The average molecular weight is 296 g/mol. The Morgan fingerprint density at radius 1 is 1.16 bits per heavy atom. The molecule has 0 aliphatic carbocycles. The van der Waals surface area contributed by atoms with E-state index in [4.69, 9.17) is 17.3 Å². The Labute approximate surface area is 117 Å². The van der Waals surface area contributed by atoms with Crippen molar-refractivity contribution in [1.82, 2.24) is 0 Å². The molecule has 0 bridgehead atoms. The van der Waals surface area contributed by atoms with Crippen LogP contribution in [0.4, 0.5) is 5.69 Å². The molecule has 2 rings (SSSR count). The van der Waals surface area contributed by atoms with Gasteiger partial charge in [0.1, 0.15) is 0 Å². The van der Waals surface area contributed by atoms with Crippen LogP contribution in [0.2, 0.25) is 5.02 Å². The molecule has 5 heteroatoms. The first-order valence-corrected chi connectivity index (χ1v) is 7.75. The topological polar surface area (TPSA) is 60.2 Å². The van der Waals surface area contributed by atoms with Crippen molar-refractivity contribution in [2.24, 2.45) is 0 Å². The van der Waals surface area contributed by atoms with E-state index in [1.165, 1.54) is 0 Å². The number of hydrogen-bond acceptors (Lipinski definition) is 3. The van der Waals surface area contributed by atoms with Crippen molar-refractivity contribution in [1.29, 1.82) is 0 Å². The second-order valence-electron chi connectivity index (χ2n) is 4.41. The SMILES string of the molecule is Cc1cc(N)ccc1S(=O)(=O)Cc1cccc(Cl)c1. The van der Waals surface area contributed by atoms with Gasteiger partial charge in [0.25, 0.3) is 0 Å². The van der Waals surface area contributed by atoms with Crippen molar-refractivity contribution >= 4 is 27.1 Å². The van der Waals surface area contributed by atoms with Crippen molar-refractivity contribution in [3.8, 4) is 0 Å². The first kappa shape index (κ1) is 13.9. The molecule has 0 aromatic heterocycles. The third-order valence-corrected chi connectivity index (χ3v) is 4.86. The van der Waals surface area contributed by atoms with Gasteiger partial charge >= 0.3 is 0 Å². The number of hydrogen-bond donors (Lipinski definition) is 1. The summed E-state index contributed by atoms with van der Waals surface area (Å²) in [7, 11) is -3.39. The van der Waals surface area contributed by atoms with Crippen LogP contribution in [-0.4, -0.2) is 8.42 Å². The molecule has 100 valence electrons. The van der Waals surface area contributed by atoms with E-state index in [9.17, 15) is 8.42 Å². The number of benzene rings is 2. The van der Waals surface area contributed by atoms with Gasteiger partial charge < -0.3 is 5.73 Å². The van der Waals surface area contributed by atoms with Gasteiger partial charge in [-0.25, -0.2) is 8.42 Å². The van der Waals surface area contributed by atoms with Crippen LogP contribution >= 0.6 is 11.6 Å². The average Bonchev–Trinajstić information content (AvgIpc) is 2.27. The maximum Gasteiger partial charge on any atom is 0.182 e. The van der Waals surface area contributed by atoms with Gasteiger partial charge in [-0.05, 0) is 48.4 Å². The molecule has 0 atom stereocenters. The minimum atomic E-state index is -3.39. The smallest absolute Gasteiger partial charge is 0.182 e. The van der Waals surface area contributed by atoms with Gasteiger partial charge in [-0.15, -0.1) is 0 Å². The highest BCUT2D eigenvalue weighted by molar-refractivity contribution is 7.90. The Hall–Kier alpha value is -1.52. The van der Waals surface area contributed by atoms with Gasteiger partial charge in [-0.2, -0.15) is 0 Å². The third kappa shape index (κ3) is 3.28. The zero-order valence-electron chi connectivity index (χ0n) is 10.4. The van der Waals surface area contributed by atoms with Crippen LogP contribution in [0.15, 0.2) is 47.4 Å². The predicted octanol–water partition coefficient (Wildman–Crippen LogP) is 3.20. The van der Waals surface area contributed by atoms with E-state index in [2.05, 4.69) is 0 Å². The fraction of sp³-hybridized carbons (Fsp3) is 0.143. The van der Waals surface area contributed by atoms with Crippen molar-refractivity contribution in [2.45, 2.75) is 17.6 Å². The minimum Gasteiger partial charge on any atom is -0.399 e. The summed E-state index contributed by atoms with van der Waals surface area (Å²) in [6.07, 6.45) is 0. The number of nitrogen functional groups attached to an aromatic ring is 1. The molecule has 0 aliphatic heterocycles. The Balaban J connectivity index is 2.38. The summed E-state index contributed by atoms with van der Waals surface area (Å²) in [5.74, 6) is -0.0711. The predicted molar refractivity (Wildman–Crippen MR) is 77.9 cm³/mol. The quantitative estimate of drug-likeness (QED) is 0.885. The summed E-state index contributed by atoms with van der Waals surface area (Å²) in [4.78, 5) is 0.307. The second kappa shape index (κ2) is 5.23. The normalized spacial score (nSPS) is 11.5. The molecule has 0 radical (unpaired) electrons. The van der Waals surface area contributed by atoms with Gasteiger partial charge in [-0.3, -0.25) is 0 Å². The highest BCUT2D eigenvalue weighted by Gasteiger charge is 2.17. The Morgan fingerprint density at radius 3 is 2.53 bits per heavy atom. The minimum absolute atomic E-state index is 0.0711. The van der Waals surface area contributed by atoms with Gasteiger partial charge in [0, 0.05) is 10.7 Å². The van der Waals surface area contributed by atoms with Crippen molar-refractivity contribution in [3.05, 3.63) is 58.6 Å². The zero-order chi connectivity index (χ0) is 14.0. The molecule has 0 aliphatic rings. The van der Waals surface area contributed by atoms with Crippen molar-refractivity contribution in [3.63, 3.8) is 0 Å². The fourth-order valence-corrected chi connectivity index (χ4v) is 3.76. The molecule has 0 unspecified atom stereocenters. The van der Waals surface area contributed by atoms with E-state index in [1.807, 2.05) is 0 Å². The lowest BCUT2D eigenvalue weighted by atomic mass is 10.2. The van der Waals surface area contributed by atoms with Crippen molar-refractivity contribution < 1.29 is 8.42 Å². The monoisotopic (exact) mass is 295 g/mol. The molecule has 0 heterocycles. The van der Waals surface area contributed by atoms with Crippen LogP contribution in [0.3, 0.4) is 0 Å². The van der Waals surface area contributed by atoms with Gasteiger partial charge in [0.15, 0.2) is 9.84 Å². The van der Waals surface area contributed by atoms with Gasteiger partial charge in [0.05, 0.1) is 10.6 Å². The van der Waals surface area contributed by atoms with Crippen LogP contribution in [0.1, 0.15) is 11.1 Å². The zero-order valence-corrected chi connectivity index (χ0v) is 12.0. The van der Waals surface area contributed by atoms with E-state index >= 15 is 0 Å². The summed E-state index contributed by atoms with van der Waals surface area (Å²) < 4.78 is 24.7. The lowest BCUT2D eigenvalue weighted by Gasteiger charge is -2.08. The molecule has 0 amide bonds. The number of sulfone groups is 1. The van der Waals surface area contributed by atoms with E-state index in [0.717, 1.165) is 0 Å². The van der Waals surface area contributed by atoms with Crippen LogP contribution < -0.4 is 5.73 Å². The van der Waals surface area contributed by atoms with Crippen LogP contribution in [-0.2, 0) is 15.6 Å². The second-order valence-corrected chi connectivity index (χ2v) is 6.81. The van der Waals surface area contributed by atoms with Crippen LogP contribution in [0, 0.1) is 6.92 Å². The molecule has 0 spiro atoms. The molecule has 3 nitrogen and oxygen atoms in total. The Bertz CT molecular complexity index is 711. The highest BCUT2D eigenvalue weighted by Crippen LogP contribution is 2.23. The number of aryl methyl sites for hydroxylation is 1. The van der Waals surface area contributed by atoms with Crippen LogP contribution in [0.25, 0.3) is 0 Å². The molecule has 0 saturated carbocycles. The number of nitrogens with two attached hydrogens (primary N) is 1. The molecular formula is C14H14ClNO2S. The Kier molecular flexibility index (Phi) is 3.83. The number of rotatable bonds is 3. The molecule has 2 N–H and O–H groups in total. The molecular weight excluding hydrogens is 282 g/mol. The van der Waals surface area contributed by atoms with E-state index < -0.39 is 9.84 Å².